The SMILES string of the molecule is O=C(Nc1ccccc1)C1CN(C(=O)C2CC(O)C2)Cc2ncnn2C1. The summed E-state index contributed by atoms with van der Waals surface area (Å²) in [6.07, 6.45) is 2.03. The van der Waals surface area contributed by atoms with E-state index in [1.165, 1.54) is 6.33 Å². The Labute approximate surface area is 150 Å². The number of carbonyl (C=O) groups is 2. The van der Waals surface area contributed by atoms with Crippen molar-refractivity contribution >= 4 is 17.5 Å². The number of benzene rings is 1. The number of fused-ring (bicyclic) bond motifs is 1. The molecule has 2 aliphatic rings. The van der Waals surface area contributed by atoms with Gasteiger partial charge in [0.05, 0.1) is 25.1 Å². The number of rotatable bonds is 3. The molecule has 1 aromatic carbocycles. The molecular weight excluding hydrogens is 334 g/mol. The minimum absolute atomic E-state index is 0.0238. The van der Waals surface area contributed by atoms with Crippen LogP contribution in [0.25, 0.3) is 0 Å². The smallest absolute Gasteiger partial charge is 0.231 e. The third-order valence-corrected chi connectivity index (χ3v) is 5.05. The second kappa shape index (κ2) is 6.87. The average Bonchev–Trinajstić information content (AvgIpc) is 2.96. The highest BCUT2D eigenvalue weighted by molar-refractivity contribution is 5.93. The molecule has 0 bridgehead atoms. The Kier molecular flexibility index (Phi) is 4.42. The van der Waals surface area contributed by atoms with Gasteiger partial charge in [-0.05, 0) is 25.0 Å². The quantitative estimate of drug-likeness (QED) is 0.842. The van der Waals surface area contributed by atoms with Crippen molar-refractivity contribution in [2.24, 2.45) is 11.8 Å². The number of aliphatic hydroxyl groups excluding tert-OH is 1. The van der Waals surface area contributed by atoms with Crippen LogP contribution in [0.3, 0.4) is 0 Å². The molecule has 8 heteroatoms. The second-order valence-electron chi connectivity index (χ2n) is 6.95. The van der Waals surface area contributed by atoms with E-state index >= 15 is 0 Å². The number of hydrogen-bond acceptors (Lipinski definition) is 5. The summed E-state index contributed by atoms with van der Waals surface area (Å²) in [4.78, 5) is 31.4. The highest BCUT2D eigenvalue weighted by Crippen LogP contribution is 2.30. The number of aromatic nitrogens is 3. The second-order valence-corrected chi connectivity index (χ2v) is 6.95. The molecule has 2 heterocycles. The van der Waals surface area contributed by atoms with Crippen molar-refractivity contribution in [2.45, 2.75) is 32.0 Å². The maximum absolute atomic E-state index is 12.8. The predicted octanol–water partition coefficient (Wildman–Crippen LogP) is 0.646. The first-order chi connectivity index (χ1) is 12.6. The number of nitrogens with one attached hydrogen (secondary N) is 1. The Morgan fingerprint density at radius 2 is 1.88 bits per heavy atom. The zero-order chi connectivity index (χ0) is 18.1. The standard InChI is InChI=1S/C18H21N5O3/c24-15-6-12(7-15)18(26)22-8-13(9-23-16(10-22)19-11-20-23)17(25)21-14-4-2-1-3-5-14/h1-5,11-13,15,24H,6-10H2,(H,21,25). The zero-order valence-electron chi connectivity index (χ0n) is 14.3. The minimum Gasteiger partial charge on any atom is -0.393 e. The fraction of sp³-hybridized carbons (Fsp3) is 0.444. The van der Waals surface area contributed by atoms with Gasteiger partial charge in [0.2, 0.25) is 11.8 Å². The topological polar surface area (TPSA) is 100 Å². The van der Waals surface area contributed by atoms with E-state index in [0.29, 0.717) is 38.3 Å². The number of carbonyl (C=O) groups excluding carboxylic acids is 2. The number of hydrogen-bond donors (Lipinski definition) is 2. The van der Waals surface area contributed by atoms with Crippen LogP contribution in [0, 0.1) is 11.8 Å². The van der Waals surface area contributed by atoms with Crippen molar-refractivity contribution in [3.8, 4) is 0 Å². The van der Waals surface area contributed by atoms with Gasteiger partial charge in [0.15, 0.2) is 0 Å². The first-order valence-electron chi connectivity index (χ1n) is 8.79. The molecule has 1 aliphatic heterocycles. The van der Waals surface area contributed by atoms with Gasteiger partial charge in [-0.25, -0.2) is 9.67 Å². The van der Waals surface area contributed by atoms with Crippen LogP contribution in [0.2, 0.25) is 0 Å². The molecule has 1 fully saturated rings. The van der Waals surface area contributed by atoms with Crippen molar-refractivity contribution in [3.63, 3.8) is 0 Å². The maximum Gasteiger partial charge on any atom is 0.231 e. The van der Waals surface area contributed by atoms with E-state index in [4.69, 9.17) is 0 Å². The molecule has 1 aliphatic carbocycles. The van der Waals surface area contributed by atoms with Gasteiger partial charge in [-0.15, -0.1) is 0 Å². The van der Waals surface area contributed by atoms with Crippen LogP contribution in [-0.4, -0.2) is 49.2 Å². The Balaban J connectivity index is 1.52. The fourth-order valence-corrected chi connectivity index (χ4v) is 3.48. The summed E-state index contributed by atoms with van der Waals surface area (Å²) in [7, 11) is 0. The summed E-state index contributed by atoms with van der Waals surface area (Å²) in [5.41, 5.74) is 0.723. The summed E-state index contributed by atoms with van der Waals surface area (Å²) in [5.74, 6) is -0.0899. The van der Waals surface area contributed by atoms with Crippen LogP contribution in [0.1, 0.15) is 18.7 Å². The highest BCUT2D eigenvalue weighted by atomic mass is 16.3. The lowest BCUT2D eigenvalue weighted by Crippen LogP contribution is -2.46. The highest BCUT2D eigenvalue weighted by Gasteiger charge is 2.38. The molecule has 8 nitrogen and oxygen atoms in total. The zero-order valence-corrected chi connectivity index (χ0v) is 14.3. The third-order valence-electron chi connectivity index (χ3n) is 5.05. The van der Waals surface area contributed by atoms with Gasteiger partial charge in [0.25, 0.3) is 0 Å². The molecule has 136 valence electrons. The van der Waals surface area contributed by atoms with E-state index in [2.05, 4.69) is 15.4 Å². The number of amides is 2. The first kappa shape index (κ1) is 16.7. The summed E-state index contributed by atoms with van der Waals surface area (Å²) in [6, 6.07) is 9.25. The van der Waals surface area contributed by atoms with E-state index in [9.17, 15) is 14.7 Å². The molecule has 2 N–H and O–H groups in total. The van der Waals surface area contributed by atoms with E-state index in [1.807, 2.05) is 30.3 Å². The Morgan fingerprint density at radius 3 is 2.62 bits per heavy atom. The third kappa shape index (κ3) is 3.32. The van der Waals surface area contributed by atoms with Crippen LogP contribution >= 0.6 is 0 Å². The molecule has 0 spiro atoms. The van der Waals surface area contributed by atoms with Crippen molar-refractivity contribution in [1.82, 2.24) is 19.7 Å². The molecule has 1 unspecified atom stereocenters. The number of anilines is 1. The van der Waals surface area contributed by atoms with E-state index in [-0.39, 0.29) is 17.7 Å². The van der Waals surface area contributed by atoms with Gasteiger partial charge in [-0.1, -0.05) is 18.2 Å². The van der Waals surface area contributed by atoms with Crippen molar-refractivity contribution in [1.29, 1.82) is 0 Å². The Morgan fingerprint density at radius 1 is 1.12 bits per heavy atom. The van der Waals surface area contributed by atoms with Gasteiger partial charge < -0.3 is 15.3 Å². The lowest BCUT2D eigenvalue weighted by molar-refractivity contribution is -0.144. The normalized spacial score (nSPS) is 25.0. The van der Waals surface area contributed by atoms with Crippen molar-refractivity contribution < 1.29 is 14.7 Å². The Hall–Kier alpha value is -2.74. The average molecular weight is 355 g/mol. The van der Waals surface area contributed by atoms with Crippen LogP contribution in [-0.2, 0) is 22.7 Å². The molecule has 0 saturated heterocycles. The molecule has 1 aromatic heterocycles. The fourth-order valence-electron chi connectivity index (χ4n) is 3.48. The van der Waals surface area contributed by atoms with Crippen molar-refractivity contribution in [3.05, 3.63) is 42.5 Å². The monoisotopic (exact) mass is 355 g/mol. The van der Waals surface area contributed by atoms with Gasteiger partial charge >= 0.3 is 0 Å². The van der Waals surface area contributed by atoms with E-state index in [1.54, 1.807) is 9.58 Å². The first-order valence-corrected chi connectivity index (χ1v) is 8.79. The van der Waals surface area contributed by atoms with Gasteiger partial charge in [-0.3, -0.25) is 9.59 Å². The van der Waals surface area contributed by atoms with Crippen LogP contribution < -0.4 is 5.32 Å². The maximum atomic E-state index is 12.8. The minimum atomic E-state index is -0.424. The predicted molar refractivity (Wildman–Crippen MR) is 92.7 cm³/mol. The number of aliphatic hydroxyl groups is 1. The van der Waals surface area contributed by atoms with E-state index < -0.39 is 12.0 Å². The van der Waals surface area contributed by atoms with Crippen LogP contribution in [0.15, 0.2) is 36.7 Å². The molecule has 2 amide bonds. The largest absolute Gasteiger partial charge is 0.393 e. The molecule has 1 atom stereocenters. The van der Waals surface area contributed by atoms with Gasteiger partial charge in [-0.2, -0.15) is 5.10 Å². The summed E-state index contributed by atoms with van der Waals surface area (Å²) in [5, 5.41) is 16.6. The van der Waals surface area contributed by atoms with Crippen LogP contribution in [0.5, 0.6) is 0 Å². The van der Waals surface area contributed by atoms with Crippen LogP contribution in [0.4, 0.5) is 5.69 Å². The molecule has 26 heavy (non-hydrogen) atoms. The van der Waals surface area contributed by atoms with Crippen molar-refractivity contribution in [2.75, 3.05) is 11.9 Å². The molecule has 4 rings (SSSR count). The number of nitrogens with zero attached hydrogens (tertiary/aromatic N) is 4. The lowest BCUT2D eigenvalue weighted by Gasteiger charge is -2.35. The molecule has 2 aromatic rings. The van der Waals surface area contributed by atoms with Gasteiger partial charge in [0, 0.05) is 18.2 Å². The summed E-state index contributed by atoms with van der Waals surface area (Å²) in [6.45, 7) is 1.03. The lowest BCUT2D eigenvalue weighted by atomic mass is 9.81. The summed E-state index contributed by atoms with van der Waals surface area (Å²) < 4.78 is 1.69. The van der Waals surface area contributed by atoms with E-state index in [0.717, 1.165) is 5.69 Å². The molecular formula is C18H21N5O3. The van der Waals surface area contributed by atoms with Gasteiger partial charge in [0.1, 0.15) is 12.2 Å². The number of para-hydroxylation sites is 1. The summed E-state index contributed by atoms with van der Waals surface area (Å²) >= 11 is 0. The molecule has 0 radical (unpaired) electrons. The Bertz CT molecular complexity index is 800. The molecule has 1 saturated carbocycles.